The smallest absolute Gasteiger partial charge is 0.216 e. The zero-order valence-electron chi connectivity index (χ0n) is 13.5. The van der Waals surface area contributed by atoms with Gasteiger partial charge in [0.25, 0.3) is 0 Å². The third kappa shape index (κ3) is 4.50. The Bertz CT molecular complexity index is 880. The minimum absolute atomic E-state index is 0.0135. The molecule has 0 spiro atoms. The fourth-order valence-electron chi connectivity index (χ4n) is 2.30. The fourth-order valence-corrected chi connectivity index (χ4v) is 2.68. The van der Waals surface area contributed by atoms with Crippen LogP contribution in [0.25, 0.3) is 0 Å². The van der Waals surface area contributed by atoms with Crippen LogP contribution in [-0.2, 0) is 6.42 Å². The highest BCUT2D eigenvalue weighted by Gasteiger charge is 2.14. The van der Waals surface area contributed by atoms with Crippen molar-refractivity contribution in [2.75, 3.05) is 10.6 Å². The molecular weight excluding hydrogens is 382 g/mol. The van der Waals surface area contributed by atoms with Crippen molar-refractivity contribution in [1.29, 1.82) is 10.5 Å². The molecule has 2 rings (SSSR count). The number of hydrogen-bond donors (Lipinski definition) is 3. The van der Waals surface area contributed by atoms with Crippen LogP contribution in [0.15, 0.2) is 45.9 Å². The summed E-state index contributed by atoms with van der Waals surface area (Å²) in [6.45, 7) is 1.97. The van der Waals surface area contributed by atoms with Gasteiger partial charge in [-0.25, -0.2) is 0 Å². The summed E-state index contributed by atoms with van der Waals surface area (Å²) in [5.41, 5.74) is 2.09. The van der Waals surface area contributed by atoms with E-state index in [0.717, 1.165) is 10.9 Å². The Labute approximate surface area is 154 Å². The number of aromatic hydroxyl groups is 1. The highest BCUT2D eigenvalue weighted by molar-refractivity contribution is 9.10. The summed E-state index contributed by atoms with van der Waals surface area (Å²) in [7, 11) is 0. The molecule has 0 saturated heterocycles. The van der Waals surface area contributed by atoms with Crippen molar-refractivity contribution < 1.29 is 5.11 Å². The number of hydrogen-bond acceptors (Lipinski definition) is 4. The van der Waals surface area contributed by atoms with Gasteiger partial charge in [0, 0.05) is 10.0 Å². The Hall–Kier alpha value is -3.03. The molecule has 0 unspecified atom stereocenters. The Morgan fingerprint density at radius 1 is 1.16 bits per heavy atom. The average molecular weight is 398 g/mol. The summed E-state index contributed by atoms with van der Waals surface area (Å²) in [5, 5.41) is 34.5. The maximum atomic E-state index is 10.5. The normalized spacial score (nSPS) is 10.6. The molecule has 2 aromatic carbocycles. The van der Waals surface area contributed by atoms with Gasteiger partial charge >= 0.3 is 0 Å². The summed E-state index contributed by atoms with van der Waals surface area (Å²) in [6.07, 6.45) is 3.09. The van der Waals surface area contributed by atoms with Gasteiger partial charge in [-0.15, -0.1) is 4.99 Å². The van der Waals surface area contributed by atoms with E-state index in [1.54, 1.807) is 18.3 Å². The number of anilines is 2. The van der Waals surface area contributed by atoms with E-state index in [-0.39, 0.29) is 11.7 Å². The number of phenolic OH excluding ortho intramolecular Hbond substituents is 1. The van der Waals surface area contributed by atoms with Crippen LogP contribution in [0.3, 0.4) is 0 Å². The number of nitrogens with one attached hydrogen (secondary N) is 2. The number of halogens is 1. The van der Waals surface area contributed by atoms with Gasteiger partial charge in [-0.3, -0.25) is 0 Å². The lowest BCUT2D eigenvalue weighted by molar-refractivity contribution is 0.470. The van der Waals surface area contributed by atoms with E-state index in [1.165, 1.54) is 0 Å². The molecule has 0 bridgehead atoms. The second kappa shape index (κ2) is 8.72. The fraction of sp³-hybridized carbons (Fsp3) is 0.167. The number of nitriles is 2. The molecule has 6 nitrogen and oxygen atoms in total. The van der Waals surface area contributed by atoms with Gasteiger partial charge in [-0.2, -0.15) is 10.5 Å². The third-order valence-electron chi connectivity index (χ3n) is 3.45. The standard InChI is InChI=1S/C18H16BrN5O/c1-2-5-13-12(10-20)8-9-16(17(13)25)24-18(22-11-21)23-15-7-4-3-6-14(15)19/h3-4,6-9,25H,2,5H2,1H3,(H2,22,23,24). The van der Waals surface area contributed by atoms with Crippen LogP contribution in [0.2, 0.25) is 0 Å². The van der Waals surface area contributed by atoms with Crippen LogP contribution in [0.5, 0.6) is 5.75 Å². The van der Waals surface area contributed by atoms with Gasteiger partial charge in [-0.1, -0.05) is 25.5 Å². The third-order valence-corrected chi connectivity index (χ3v) is 4.14. The van der Waals surface area contributed by atoms with Crippen molar-refractivity contribution in [3.63, 3.8) is 0 Å². The lowest BCUT2D eigenvalue weighted by atomic mass is 10.0. The van der Waals surface area contributed by atoms with Crippen molar-refractivity contribution in [3.05, 3.63) is 52.0 Å². The van der Waals surface area contributed by atoms with Crippen LogP contribution < -0.4 is 10.6 Å². The Kier molecular flexibility index (Phi) is 6.39. The summed E-state index contributed by atoms with van der Waals surface area (Å²) < 4.78 is 0.804. The first-order chi connectivity index (χ1) is 12.1. The van der Waals surface area contributed by atoms with E-state index in [2.05, 4.69) is 37.6 Å². The highest BCUT2D eigenvalue weighted by atomic mass is 79.9. The summed E-state index contributed by atoms with van der Waals surface area (Å²) in [5.74, 6) is 0.150. The van der Waals surface area contributed by atoms with E-state index < -0.39 is 0 Å². The molecule has 25 heavy (non-hydrogen) atoms. The van der Waals surface area contributed by atoms with Crippen molar-refractivity contribution >= 4 is 33.3 Å². The molecular formula is C18H16BrN5O. The van der Waals surface area contributed by atoms with E-state index >= 15 is 0 Å². The van der Waals surface area contributed by atoms with Crippen molar-refractivity contribution in [3.8, 4) is 18.0 Å². The zero-order valence-corrected chi connectivity index (χ0v) is 15.1. The molecule has 126 valence electrons. The Morgan fingerprint density at radius 3 is 2.52 bits per heavy atom. The molecule has 0 amide bonds. The molecule has 0 aliphatic carbocycles. The SMILES string of the molecule is CCCc1c(C#N)ccc(N/C(=N/C#N)Nc2ccccc2Br)c1O. The molecule has 0 heterocycles. The maximum Gasteiger partial charge on any atom is 0.216 e. The summed E-state index contributed by atoms with van der Waals surface area (Å²) in [4.78, 5) is 3.72. The van der Waals surface area contributed by atoms with E-state index in [1.807, 2.05) is 31.2 Å². The summed E-state index contributed by atoms with van der Waals surface area (Å²) >= 11 is 3.41. The number of para-hydroxylation sites is 1. The topological polar surface area (TPSA) is 104 Å². The largest absolute Gasteiger partial charge is 0.505 e. The lowest BCUT2D eigenvalue weighted by Crippen LogP contribution is -2.22. The molecule has 0 fully saturated rings. The number of nitrogens with zero attached hydrogens (tertiary/aromatic N) is 3. The predicted octanol–water partition coefficient (Wildman–Crippen LogP) is 4.34. The average Bonchev–Trinajstić information content (AvgIpc) is 2.61. The van der Waals surface area contributed by atoms with Crippen LogP contribution in [0.4, 0.5) is 11.4 Å². The Balaban J connectivity index is 2.34. The van der Waals surface area contributed by atoms with Gasteiger partial charge in [0.05, 0.1) is 23.0 Å². The molecule has 0 saturated carbocycles. The van der Waals surface area contributed by atoms with Crippen molar-refractivity contribution in [2.24, 2.45) is 4.99 Å². The van der Waals surface area contributed by atoms with Gasteiger partial charge < -0.3 is 15.7 Å². The lowest BCUT2D eigenvalue weighted by Gasteiger charge is -2.15. The molecule has 2 aromatic rings. The van der Waals surface area contributed by atoms with Crippen LogP contribution >= 0.6 is 15.9 Å². The Morgan fingerprint density at radius 2 is 1.88 bits per heavy atom. The van der Waals surface area contributed by atoms with Gasteiger partial charge in [0.1, 0.15) is 5.75 Å². The van der Waals surface area contributed by atoms with Gasteiger partial charge in [-0.05, 0) is 46.6 Å². The minimum Gasteiger partial charge on any atom is -0.505 e. The maximum absolute atomic E-state index is 10.5. The molecule has 7 heteroatoms. The number of guanidine groups is 1. The van der Waals surface area contributed by atoms with E-state index in [0.29, 0.717) is 28.9 Å². The second-order valence-electron chi connectivity index (χ2n) is 5.14. The molecule has 0 aromatic heterocycles. The van der Waals surface area contributed by atoms with Crippen molar-refractivity contribution in [2.45, 2.75) is 19.8 Å². The van der Waals surface area contributed by atoms with Crippen LogP contribution in [0.1, 0.15) is 24.5 Å². The molecule has 0 radical (unpaired) electrons. The molecule has 0 aliphatic rings. The highest BCUT2D eigenvalue weighted by Crippen LogP contribution is 2.31. The van der Waals surface area contributed by atoms with Gasteiger partial charge in [0.15, 0.2) is 0 Å². The van der Waals surface area contributed by atoms with Crippen molar-refractivity contribution in [1.82, 2.24) is 0 Å². The molecule has 3 N–H and O–H groups in total. The van der Waals surface area contributed by atoms with E-state index in [4.69, 9.17) is 5.26 Å². The minimum atomic E-state index is -0.0135. The molecule has 0 atom stereocenters. The number of phenols is 1. The number of benzene rings is 2. The van der Waals surface area contributed by atoms with Crippen LogP contribution in [-0.4, -0.2) is 11.1 Å². The zero-order chi connectivity index (χ0) is 18.2. The first-order valence-electron chi connectivity index (χ1n) is 7.61. The first-order valence-corrected chi connectivity index (χ1v) is 8.40. The molecule has 0 aliphatic heterocycles. The van der Waals surface area contributed by atoms with Gasteiger partial charge in [0.2, 0.25) is 12.2 Å². The van der Waals surface area contributed by atoms with Crippen LogP contribution in [0, 0.1) is 22.8 Å². The second-order valence-corrected chi connectivity index (χ2v) is 5.99. The van der Waals surface area contributed by atoms with E-state index in [9.17, 15) is 10.4 Å². The first kappa shape index (κ1) is 18.3. The number of rotatable bonds is 4. The quantitative estimate of drug-likeness (QED) is 0.308. The monoisotopic (exact) mass is 397 g/mol. The summed E-state index contributed by atoms with van der Waals surface area (Å²) in [6, 6.07) is 12.7. The number of aliphatic imine (C=N–C) groups is 1. The predicted molar refractivity (Wildman–Crippen MR) is 101 cm³/mol.